The van der Waals surface area contributed by atoms with Crippen molar-refractivity contribution in [2.24, 2.45) is 0 Å². The molecule has 0 N–H and O–H groups in total. The first kappa shape index (κ1) is 9.09. The minimum absolute atomic E-state index is 0.789. The van der Waals surface area contributed by atoms with E-state index in [0.29, 0.717) is 0 Å². The van der Waals surface area contributed by atoms with Crippen LogP contribution < -0.4 is 0 Å². The molecular formula is C13H11N3. The van der Waals surface area contributed by atoms with E-state index in [4.69, 9.17) is 0 Å². The molecule has 0 atom stereocenters. The van der Waals surface area contributed by atoms with Gasteiger partial charge in [0.2, 0.25) is 0 Å². The van der Waals surface area contributed by atoms with Crippen LogP contribution in [0.5, 0.6) is 0 Å². The molecule has 0 saturated heterocycles. The lowest BCUT2D eigenvalue weighted by Gasteiger charge is -1.99. The lowest BCUT2D eigenvalue weighted by atomic mass is 10.2. The second kappa shape index (κ2) is 3.77. The molecule has 0 spiro atoms. The summed E-state index contributed by atoms with van der Waals surface area (Å²) >= 11 is 0. The lowest BCUT2D eigenvalue weighted by molar-refractivity contribution is 0.693. The molecule has 0 unspecified atom stereocenters. The molecule has 78 valence electrons. The van der Waals surface area contributed by atoms with E-state index < -0.39 is 0 Å². The van der Waals surface area contributed by atoms with Gasteiger partial charge in [-0.25, -0.2) is 4.98 Å². The first-order chi connectivity index (χ1) is 7.92. The Labute approximate surface area is 93.4 Å². The van der Waals surface area contributed by atoms with Gasteiger partial charge in [0.25, 0.3) is 0 Å². The van der Waals surface area contributed by atoms with Crippen molar-refractivity contribution in [3.63, 3.8) is 0 Å². The second-order valence-electron chi connectivity index (χ2n) is 3.73. The number of pyridine rings is 1. The summed E-state index contributed by atoms with van der Waals surface area (Å²) in [6.45, 7) is 0.789. The maximum atomic E-state index is 4.41. The zero-order valence-electron chi connectivity index (χ0n) is 8.74. The van der Waals surface area contributed by atoms with Crippen molar-refractivity contribution in [3.05, 3.63) is 60.4 Å². The summed E-state index contributed by atoms with van der Waals surface area (Å²) in [5, 5.41) is 5.50. The fourth-order valence-corrected chi connectivity index (χ4v) is 1.76. The minimum Gasteiger partial charge on any atom is -0.266 e. The third-order valence-corrected chi connectivity index (χ3v) is 2.52. The molecular weight excluding hydrogens is 198 g/mol. The van der Waals surface area contributed by atoms with Gasteiger partial charge in [-0.3, -0.25) is 4.68 Å². The van der Waals surface area contributed by atoms with Crippen molar-refractivity contribution in [2.75, 3.05) is 0 Å². The van der Waals surface area contributed by atoms with Gasteiger partial charge in [0.05, 0.1) is 6.54 Å². The summed E-state index contributed by atoms with van der Waals surface area (Å²) in [5.41, 5.74) is 2.05. The molecule has 2 aromatic heterocycles. The Morgan fingerprint density at radius 2 is 1.88 bits per heavy atom. The van der Waals surface area contributed by atoms with Crippen molar-refractivity contribution in [3.8, 4) is 0 Å². The van der Waals surface area contributed by atoms with E-state index >= 15 is 0 Å². The Morgan fingerprint density at radius 3 is 2.69 bits per heavy atom. The van der Waals surface area contributed by atoms with Crippen LogP contribution in [-0.2, 0) is 6.54 Å². The summed E-state index contributed by atoms with van der Waals surface area (Å²) < 4.78 is 1.92. The van der Waals surface area contributed by atoms with Gasteiger partial charge in [-0.1, -0.05) is 30.3 Å². The molecule has 16 heavy (non-hydrogen) atoms. The standard InChI is InChI=1S/C13H11N3/c1-2-5-11(6-3-1)9-16-10-12-7-4-8-14-13(12)15-16/h1-8,10H,9H2. The lowest BCUT2D eigenvalue weighted by Crippen LogP contribution is -1.99. The highest BCUT2D eigenvalue weighted by Gasteiger charge is 2.00. The third-order valence-electron chi connectivity index (χ3n) is 2.52. The van der Waals surface area contributed by atoms with Crippen LogP contribution in [0.25, 0.3) is 11.0 Å². The quantitative estimate of drug-likeness (QED) is 0.649. The molecule has 3 rings (SSSR count). The van der Waals surface area contributed by atoms with E-state index in [1.54, 1.807) is 6.20 Å². The summed E-state index contributed by atoms with van der Waals surface area (Å²) in [6, 6.07) is 14.2. The summed E-state index contributed by atoms with van der Waals surface area (Å²) in [7, 11) is 0. The van der Waals surface area contributed by atoms with Crippen molar-refractivity contribution in [1.82, 2.24) is 14.8 Å². The van der Waals surface area contributed by atoms with E-state index in [9.17, 15) is 0 Å². The van der Waals surface area contributed by atoms with Crippen LogP contribution in [-0.4, -0.2) is 14.8 Å². The highest BCUT2D eigenvalue weighted by atomic mass is 15.3. The predicted octanol–water partition coefficient (Wildman–Crippen LogP) is 2.48. The highest BCUT2D eigenvalue weighted by Crippen LogP contribution is 2.09. The molecule has 1 aromatic carbocycles. The predicted molar refractivity (Wildman–Crippen MR) is 63.1 cm³/mol. The van der Waals surface area contributed by atoms with E-state index in [1.807, 2.05) is 41.2 Å². The normalized spacial score (nSPS) is 10.8. The molecule has 0 fully saturated rings. The van der Waals surface area contributed by atoms with Crippen molar-refractivity contribution in [1.29, 1.82) is 0 Å². The molecule has 0 amide bonds. The Bertz CT molecular complexity index is 566. The Kier molecular flexibility index (Phi) is 2.14. The first-order valence-electron chi connectivity index (χ1n) is 5.24. The van der Waals surface area contributed by atoms with Gasteiger partial charge in [0.1, 0.15) is 0 Å². The Hall–Kier alpha value is -2.16. The molecule has 3 aromatic rings. The Balaban J connectivity index is 1.95. The first-order valence-corrected chi connectivity index (χ1v) is 5.24. The molecule has 0 aliphatic carbocycles. The third kappa shape index (κ3) is 1.67. The van der Waals surface area contributed by atoms with Gasteiger partial charge in [-0.15, -0.1) is 0 Å². The number of rotatable bonds is 2. The summed E-state index contributed by atoms with van der Waals surface area (Å²) in [5.74, 6) is 0. The average Bonchev–Trinajstić information content (AvgIpc) is 2.72. The van der Waals surface area contributed by atoms with E-state index in [2.05, 4.69) is 22.2 Å². The van der Waals surface area contributed by atoms with Crippen LogP contribution in [0.1, 0.15) is 5.56 Å². The molecule has 2 heterocycles. The smallest absolute Gasteiger partial charge is 0.181 e. The molecule has 0 aliphatic rings. The number of aromatic nitrogens is 3. The van der Waals surface area contributed by atoms with Crippen LogP contribution in [0.4, 0.5) is 0 Å². The van der Waals surface area contributed by atoms with Gasteiger partial charge in [-0.2, -0.15) is 5.10 Å². The van der Waals surface area contributed by atoms with Gasteiger partial charge in [-0.05, 0) is 17.7 Å². The van der Waals surface area contributed by atoms with E-state index in [-0.39, 0.29) is 0 Å². The number of fused-ring (bicyclic) bond motifs is 1. The molecule has 3 nitrogen and oxygen atoms in total. The van der Waals surface area contributed by atoms with Gasteiger partial charge < -0.3 is 0 Å². The largest absolute Gasteiger partial charge is 0.266 e. The second-order valence-corrected chi connectivity index (χ2v) is 3.73. The summed E-state index contributed by atoms with van der Waals surface area (Å²) in [6.07, 6.45) is 3.79. The fourth-order valence-electron chi connectivity index (χ4n) is 1.76. The number of benzene rings is 1. The Morgan fingerprint density at radius 1 is 1.00 bits per heavy atom. The van der Waals surface area contributed by atoms with Crippen LogP contribution in [0.2, 0.25) is 0 Å². The number of hydrogen-bond donors (Lipinski definition) is 0. The average molecular weight is 209 g/mol. The van der Waals surface area contributed by atoms with Crippen molar-refractivity contribution < 1.29 is 0 Å². The molecule has 0 aliphatic heterocycles. The van der Waals surface area contributed by atoms with Crippen molar-refractivity contribution in [2.45, 2.75) is 6.54 Å². The maximum Gasteiger partial charge on any atom is 0.181 e. The van der Waals surface area contributed by atoms with Crippen LogP contribution in [0, 0.1) is 0 Å². The topological polar surface area (TPSA) is 30.7 Å². The minimum atomic E-state index is 0.789. The van der Waals surface area contributed by atoms with Gasteiger partial charge in [0, 0.05) is 17.8 Å². The maximum absolute atomic E-state index is 4.41. The van der Waals surface area contributed by atoms with Crippen LogP contribution in [0.3, 0.4) is 0 Å². The molecule has 0 bridgehead atoms. The van der Waals surface area contributed by atoms with Crippen LogP contribution in [0.15, 0.2) is 54.9 Å². The van der Waals surface area contributed by atoms with E-state index in [0.717, 1.165) is 17.6 Å². The molecule has 0 radical (unpaired) electrons. The summed E-state index contributed by atoms with van der Waals surface area (Å²) in [4.78, 5) is 4.21. The van der Waals surface area contributed by atoms with Crippen molar-refractivity contribution >= 4 is 11.0 Å². The zero-order chi connectivity index (χ0) is 10.8. The van der Waals surface area contributed by atoms with Gasteiger partial charge in [0.15, 0.2) is 5.65 Å². The molecule has 0 saturated carbocycles. The highest BCUT2D eigenvalue weighted by molar-refractivity contribution is 5.73. The molecule has 3 heteroatoms. The van der Waals surface area contributed by atoms with Crippen LogP contribution >= 0.6 is 0 Å². The number of nitrogens with zero attached hydrogens (tertiary/aromatic N) is 3. The SMILES string of the molecule is c1ccc(Cn2cc3cccnc3n2)cc1. The zero-order valence-corrected chi connectivity index (χ0v) is 8.74. The monoisotopic (exact) mass is 209 g/mol. The van der Waals surface area contributed by atoms with E-state index in [1.165, 1.54) is 5.56 Å². The number of hydrogen-bond acceptors (Lipinski definition) is 2. The van der Waals surface area contributed by atoms with Gasteiger partial charge >= 0.3 is 0 Å². The fraction of sp³-hybridized carbons (Fsp3) is 0.0769.